The Hall–Kier alpha value is -0.710. The Bertz CT molecular complexity index is 481. The molecule has 0 aromatic heterocycles. The Morgan fingerprint density at radius 2 is 2.21 bits per heavy atom. The fraction of sp³-hybridized carbons (Fsp3) is 0.500. The number of nitrogens with zero attached hydrogens (tertiary/aromatic N) is 2. The number of hydrogen-bond donors (Lipinski definition) is 1. The van der Waals surface area contributed by atoms with Crippen LogP contribution in [0.2, 0.25) is 5.02 Å². The first-order valence-corrected chi connectivity index (χ1v) is 7.37. The minimum Gasteiger partial charge on any atom is -0.336 e. The number of rotatable bonds is 2. The highest BCUT2D eigenvalue weighted by atomic mass is 35.5. The van der Waals surface area contributed by atoms with Crippen molar-refractivity contribution < 1.29 is 4.79 Å². The predicted molar refractivity (Wildman–Crippen MR) is 81.3 cm³/mol. The van der Waals surface area contributed by atoms with Gasteiger partial charge in [-0.3, -0.25) is 9.69 Å². The third-order valence-electron chi connectivity index (χ3n) is 3.64. The van der Waals surface area contributed by atoms with Crippen molar-refractivity contribution in [3.63, 3.8) is 0 Å². The van der Waals surface area contributed by atoms with Crippen LogP contribution in [0.5, 0.6) is 0 Å². The molecule has 1 aromatic rings. The van der Waals surface area contributed by atoms with Crippen molar-refractivity contribution >= 4 is 30.1 Å². The van der Waals surface area contributed by atoms with Crippen molar-refractivity contribution in [3.8, 4) is 0 Å². The lowest BCUT2D eigenvalue weighted by Gasteiger charge is -2.39. The number of likely N-dealkylation sites (N-methyl/N-ethyl adjacent to an activating group) is 1. The van der Waals surface area contributed by atoms with Gasteiger partial charge < -0.3 is 4.90 Å². The lowest BCUT2D eigenvalue weighted by molar-refractivity contribution is 0.0528. The molecule has 3 nitrogen and oxygen atoms in total. The number of piperazine rings is 1. The molecule has 19 heavy (non-hydrogen) atoms. The number of hydrogen-bond acceptors (Lipinski definition) is 3. The van der Waals surface area contributed by atoms with E-state index >= 15 is 0 Å². The molecule has 0 spiro atoms. The van der Waals surface area contributed by atoms with Crippen LogP contribution in [-0.2, 0) is 0 Å². The summed E-state index contributed by atoms with van der Waals surface area (Å²) >= 11 is 10.4. The van der Waals surface area contributed by atoms with E-state index in [2.05, 4.69) is 31.4 Å². The Kier molecular flexibility index (Phi) is 4.76. The largest absolute Gasteiger partial charge is 0.336 e. The van der Waals surface area contributed by atoms with Crippen molar-refractivity contribution in [2.75, 3.05) is 26.2 Å². The zero-order valence-corrected chi connectivity index (χ0v) is 12.9. The van der Waals surface area contributed by atoms with Crippen molar-refractivity contribution in [1.82, 2.24) is 9.80 Å². The molecule has 5 heteroatoms. The number of carbonyl (C=O) groups excluding carboxylic acids is 1. The topological polar surface area (TPSA) is 23.6 Å². The van der Waals surface area contributed by atoms with Gasteiger partial charge in [-0.1, -0.05) is 18.5 Å². The van der Waals surface area contributed by atoms with E-state index < -0.39 is 0 Å². The fourth-order valence-corrected chi connectivity index (χ4v) is 2.90. The first-order chi connectivity index (χ1) is 9.02. The monoisotopic (exact) mass is 298 g/mol. The molecule has 0 N–H and O–H groups in total. The second-order valence-corrected chi connectivity index (χ2v) is 5.82. The second kappa shape index (κ2) is 6.16. The van der Waals surface area contributed by atoms with Crippen LogP contribution in [-0.4, -0.2) is 47.9 Å². The van der Waals surface area contributed by atoms with Crippen molar-refractivity contribution in [3.05, 3.63) is 28.8 Å². The molecule has 1 fully saturated rings. The molecule has 1 atom stereocenters. The van der Waals surface area contributed by atoms with Gasteiger partial charge in [0.1, 0.15) is 0 Å². The molecule has 0 radical (unpaired) electrons. The number of carbonyl (C=O) groups is 1. The van der Waals surface area contributed by atoms with Crippen LogP contribution < -0.4 is 0 Å². The summed E-state index contributed by atoms with van der Waals surface area (Å²) in [6, 6.07) is 5.65. The van der Waals surface area contributed by atoms with E-state index in [0.29, 0.717) is 16.6 Å². The van der Waals surface area contributed by atoms with Gasteiger partial charge >= 0.3 is 0 Å². The maximum Gasteiger partial charge on any atom is 0.255 e. The second-order valence-electron chi connectivity index (χ2n) is 4.89. The third-order valence-corrected chi connectivity index (χ3v) is 4.25. The van der Waals surface area contributed by atoms with E-state index in [-0.39, 0.29) is 5.91 Å². The number of halogens is 1. The predicted octanol–water partition coefficient (Wildman–Crippen LogP) is 2.79. The Balaban J connectivity index is 2.14. The first kappa shape index (κ1) is 14.7. The highest BCUT2D eigenvalue weighted by Gasteiger charge is 2.27. The zero-order valence-electron chi connectivity index (χ0n) is 11.3. The molecule has 0 bridgehead atoms. The number of benzene rings is 1. The van der Waals surface area contributed by atoms with Gasteiger partial charge in [0, 0.05) is 30.6 Å². The summed E-state index contributed by atoms with van der Waals surface area (Å²) in [6.45, 7) is 7.75. The van der Waals surface area contributed by atoms with Gasteiger partial charge in [0.2, 0.25) is 0 Å². The van der Waals surface area contributed by atoms with Gasteiger partial charge in [0.15, 0.2) is 0 Å². The van der Waals surface area contributed by atoms with E-state index in [1.807, 2.05) is 4.90 Å². The van der Waals surface area contributed by atoms with Crippen LogP contribution in [0.1, 0.15) is 24.2 Å². The molecule has 1 aliphatic heterocycles. The first-order valence-electron chi connectivity index (χ1n) is 6.54. The molecule has 0 aliphatic carbocycles. The molecule has 104 valence electrons. The maximum absolute atomic E-state index is 12.5. The maximum atomic E-state index is 12.5. The highest BCUT2D eigenvalue weighted by Crippen LogP contribution is 2.22. The van der Waals surface area contributed by atoms with Gasteiger partial charge in [0.05, 0.1) is 10.6 Å². The average molecular weight is 299 g/mol. The minimum absolute atomic E-state index is 0.00324. The van der Waals surface area contributed by atoms with Crippen molar-refractivity contribution in [2.24, 2.45) is 0 Å². The Morgan fingerprint density at radius 1 is 1.47 bits per heavy atom. The Labute approximate surface area is 124 Å². The summed E-state index contributed by atoms with van der Waals surface area (Å²) in [7, 11) is 0. The van der Waals surface area contributed by atoms with Crippen LogP contribution in [0.15, 0.2) is 23.1 Å². The van der Waals surface area contributed by atoms with Crippen LogP contribution >= 0.6 is 24.2 Å². The summed E-state index contributed by atoms with van der Waals surface area (Å²) in [5.74, 6) is 0.00324. The quantitative estimate of drug-likeness (QED) is 0.849. The molecular formula is C14H19ClN2OS. The molecule has 0 saturated carbocycles. The van der Waals surface area contributed by atoms with Gasteiger partial charge in [-0.2, -0.15) is 0 Å². The van der Waals surface area contributed by atoms with Gasteiger partial charge in [0.25, 0.3) is 5.91 Å². The fourth-order valence-electron chi connectivity index (χ4n) is 2.50. The van der Waals surface area contributed by atoms with Gasteiger partial charge in [-0.25, -0.2) is 0 Å². The van der Waals surface area contributed by atoms with E-state index in [1.54, 1.807) is 18.2 Å². The molecule has 1 saturated heterocycles. The SMILES string of the molecule is CCN1CCN(C(=O)c2cc(S)ccc2Cl)CC1C. The van der Waals surface area contributed by atoms with Gasteiger partial charge in [-0.15, -0.1) is 12.6 Å². The lowest BCUT2D eigenvalue weighted by atomic mass is 10.1. The van der Waals surface area contributed by atoms with E-state index in [0.717, 1.165) is 31.1 Å². The molecule has 1 amide bonds. The average Bonchev–Trinajstić information content (AvgIpc) is 2.40. The van der Waals surface area contributed by atoms with Gasteiger partial charge in [-0.05, 0) is 31.7 Å². The van der Waals surface area contributed by atoms with Crippen LogP contribution in [0.25, 0.3) is 0 Å². The molecular weight excluding hydrogens is 280 g/mol. The molecule has 2 rings (SSSR count). The number of thiol groups is 1. The summed E-state index contributed by atoms with van der Waals surface area (Å²) < 4.78 is 0. The molecule has 1 unspecified atom stereocenters. The van der Waals surface area contributed by atoms with Crippen LogP contribution in [0.3, 0.4) is 0 Å². The normalized spacial score (nSPS) is 20.6. The molecule has 1 heterocycles. The van der Waals surface area contributed by atoms with Crippen LogP contribution in [0.4, 0.5) is 0 Å². The van der Waals surface area contributed by atoms with Crippen molar-refractivity contribution in [1.29, 1.82) is 0 Å². The molecule has 1 aliphatic rings. The zero-order chi connectivity index (χ0) is 14.0. The minimum atomic E-state index is 0.00324. The van der Waals surface area contributed by atoms with Crippen molar-refractivity contribution in [2.45, 2.75) is 24.8 Å². The lowest BCUT2D eigenvalue weighted by Crippen LogP contribution is -2.53. The molecule has 1 aromatic carbocycles. The third kappa shape index (κ3) is 3.25. The highest BCUT2D eigenvalue weighted by molar-refractivity contribution is 7.80. The summed E-state index contributed by atoms with van der Waals surface area (Å²) in [5, 5.41) is 0.494. The van der Waals surface area contributed by atoms with Crippen LogP contribution in [0, 0.1) is 0 Å². The summed E-state index contributed by atoms with van der Waals surface area (Å²) in [5.41, 5.74) is 0.548. The Morgan fingerprint density at radius 3 is 2.84 bits per heavy atom. The van der Waals surface area contributed by atoms with E-state index in [9.17, 15) is 4.79 Å². The van der Waals surface area contributed by atoms with E-state index in [4.69, 9.17) is 11.6 Å². The summed E-state index contributed by atoms with van der Waals surface area (Å²) in [4.78, 5) is 17.5. The smallest absolute Gasteiger partial charge is 0.255 e. The summed E-state index contributed by atoms with van der Waals surface area (Å²) in [6.07, 6.45) is 0. The number of amides is 1. The standard InChI is InChI=1S/C14H19ClN2OS/c1-3-16-6-7-17(9-10(16)2)14(18)12-8-11(19)4-5-13(12)15/h4-5,8,10,19H,3,6-7,9H2,1-2H3. The van der Waals surface area contributed by atoms with E-state index in [1.165, 1.54) is 0 Å².